The number of halogens is 2. The molecule has 0 radical (unpaired) electrons. The molecule has 2 N–H and O–H groups in total. The molecule has 0 atom stereocenters. The molecule has 0 saturated heterocycles. The second-order valence-electron chi connectivity index (χ2n) is 2.99. The summed E-state index contributed by atoms with van der Waals surface area (Å²) in [5.41, 5.74) is 7.36. The predicted octanol–water partition coefficient (Wildman–Crippen LogP) is 3.19. The van der Waals surface area contributed by atoms with Crippen LogP contribution in [0.5, 0.6) is 0 Å². The Balaban J connectivity index is 3.24. The molecule has 1 aromatic rings. The van der Waals surface area contributed by atoms with Crippen LogP contribution in [0.2, 0.25) is 0 Å². The zero-order chi connectivity index (χ0) is 11.4. The number of nitrogens with two attached hydrogens (primary N) is 1. The lowest BCUT2D eigenvalue weighted by Gasteiger charge is -2.05. The summed E-state index contributed by atoms with van der Waals surface area (Å²) in [7, 11) is 0. The molecule has 0 aliphatic heterocycles. The molecule has 0 aliphatic carbocycles. The Morgan fingerprint density at radius 3 is 2.73 bits per heavy atom. The van der Waals surface area contributed by atoms with Gasteiger partial charge in [-0.3, -0.25) is 0 Å². The fourth-order valence-electron chi connectivity index (χ4n) is 1.17. The van der Waals surface area contributed by atoms with E-state index in [-0.39, 0.29) is 5.82 Å². The molecule has 0 bridgehead atoms. The molecule has 0 unspecified atom stereocenters. The molecule has 4 heteroatoms. The first-order chi connectivity index (χ1) is 7.10. The molecular weight excluding hydrogens is 259 g/mol. The van der Waals surface area contributed by atoms with E-state index in [4.69, 9.17) is 11.0 Å². The number of rotatable bonds is 2. The Labute approximate surface area is 96.3 Å². The topological polar surface area (TPSA) is 49.8 Å². The van der Waals surface area contributed by atoms with E-state index in [0.717, 1.165) is 0 Å². The summed E-state index contributed by atoms with van der Waals surface area (Å²) in [6.07, 6.45) is 0.567. The quantitative estimate of drug-likeness (QED) is 0.838. The van der Waals surface area contributed by atoms with Crippen molar-refractivity contribution in [3.63, 3.8) is 0 Å². The van der Waals surface area contributed by atoms with E-state index >= 15 is 0 Å². The zero-order valence-electron chi connectivity index (χ0n) is 8.22. The van der Waals surface area contributed by atoms with Crippen LogP contribution in [0.25, 0.3) is 5.70 Å². The molecule has 0 aromatic heterocycles. The fourth-order valence-corrected chi connectivity index (χ4v) is 1.55. The van der Waals surface area contributed by atoms with Crippen molar-refractivity contribution in [2.24, 2.45) is 5.73 Å². The molecule has 0 aliphatic rings. The van der Waals surface area contributed by atoms with Crippen LogP contribution in [0.3, 0.4) is 0 Å². The van der Waals surface area contributed by atoms with Gasteiger partial charge >= 0.3 is 0 Å². The third-order valence-electron chi connectivity index (χ3n) is 2.04. The SMILES string of the molecule is CC/C(C#N)=C(/N)c1ccc(F)c(Br)c1. The van der Waals surface area contributed by atoms with Crippen molar-refractivity contribution in [1.82, 2.24) is 0 Å². The number of hydrogen-bond acceptors (Lipinski definition) is 2. The molecular formula is C11H10BrFN2. The molecule has 2 nitrogen and oxygen atoms in total. The maximum atomic E-state index is 13.0. The Bertz CT molecular complexity index is 446. The summed E-state index contributed by atoms with van der Waals surface area (Å²) in [6.45, 7) is 1.85. The van der Waals surface area contributed by atoms with Gasteiger partial charge in [0, 0.05) is 0 Å². The monoisotopic (exact) mass is 268 g/mol. The Hall–Kier alpha value is -1.34. The standard InChI is InChI=1S/C11H10BrFN2/c1-2-7(6-14)11(15)8-3-4-10(13)9(12)5-8/h3-5H,2,15H2,1H3/b11-7-. The van der Waals surface area contributed by atoms with Crippen molar-refractivity contribution < 1.29 is 4.39 Å². The van der Waals surface area contributed by atoms with Crippen molar-refractivity contribution in [2.45, 2.75) is 13.3 Å². The molecule has 0 spiro atoms. The van der Waals surface area contributed by atoms with Crippen LogP contribution in [0.15, 0.2) is 28.2 Å². The van der Waals surface area contributed by atoms with Gasteiger partial charge in [0.1, 0.15) is 5.82 Å². The minimum atomic E-state index is -0.346. The van der Waals surface area contributed by atoms with Crippen LogP contribution in [0, 0.1) is 17.1 Å². The third kappa shape index (κ3) is 2.57. The molecule has 1 aromatic carbocycles. The molecule has 1 rings (SSSR count). The van der Waals surface area contributed by atoms with Crippen molar-refractivity contribution >= 4 is 21.6 Å². The van der Waals surface area contributed by atoms with E-state index < -0.39 is 0 Å². The number of allylic oxidation sites excluding steroid dienone is 1. The highest BCUT2D eigenvalue weighted by molar-refractivity contribution is 9.10. The average Bonchev–Trinajstić information content (AvgIpc) is 2.23. The van der Waals surface area contributed by atoms with Crippen molar-refractivity contribution in [3.05, 3.63) is 39.6 Å². The number of nitrogens with zero attached hydrogens (tertiary/aromatic N) is 1. The van der Waals surface area contributed by atoms with Crippen LogP contribution in [0.4, 0.5) is 4.39 Å². The summed E-state index contributed by atoms with van der Waals surface area (Å²) >= 11 is 3.07. The summed E-state index contributed by atoms with van der Waals surface area (Å²) in [5, 5.41) is 8.81. The first-order valence-corrected chi connectivity index (χ1v) is 5.23. The minimum Gasteiger partial charge on any atom is -0.397 e. The van der Waals surface area contributed by atoms with Gasteiger partial charge in [0.15, 0.2) is 0 Å². The summed E-state index contributed by atoms with van der Waals surface area (Å²) in [4.78, 5) is 0. The summed E-state index contributed by atoms with van der Waals surface area (Å²) in [6, 6.07) is 6.47. The van der Waals surface area contributed by atoms with Gasteiger partial charge in [0.2, 0.25) is 0 Å². The smallest absolute Gasteiger partial charge is 0.137 e. The lowest BCUT2D eigenvalue weighted by molar-refractivity contribution is 0.621. The first kappa shape index (κ1) is 11.7. The van der Waals surface area contributed by atoms with E-state index in [2.05, 4.69) is 15.9 Å². The van der Waals surface area contributed by atoms with Gasteiger partial charge in [-0.05, 0) is 46.1 Å². The maximum Gasteiger partial charge on any atom is 0.137 e. The van der Waals surface area contributed by atoms with Crippen molar-refractivity contribution in [1.29, 1.82) is 5.26 Å². The van der Waals surface area contributed by atoms with Gasteiger partial charge in [-0.2, -0.15) is 5.26 Å². The average molecular weight is 269 g/mol. The highest BCUT2D eigenvalue weighted by Crippen LogP contribution is 2.22. The number of hydrogen-bond donors (Lipinski definition) is 1. The highest BCUT2D eigenvalue weighted by Gasteiger charge is 2.06. The third-order valence-corrected chi connectivity index (χ3v) is 2.65. The lowest BCUT2D eigenvalue weighted by atomic mass is 10.1. The first-order valence-electron chi connectivity index (χ1n) is 4.44. The predicted molar refractivity (Wildman–Crippen MR) is 61.1 cm³/mol. The molecule has 78 valence electrons. The normalized spacial score (nSPS) is 11.9. The van der Waals surface area contributed by atoms with E-state index in [9.17, 15) is 4.39 Å². The minimum absolute atomic E-state index is 0.344. The molecule has 0 fully saturated rings. The van der Waals surface area contributed by atoms with Crippen LogP contribution in [-0.2, 0) is 0 Å². The molecule has 0 heterocycles. The largest absolute Gasteiger partial charge is 0.397 e. The Morgan fingerprint density at radius 1 is 1.60 bits per heavy atom. The van der Waals surface area contributed by atoms with Crippen LogP contribution >= 0.6 is 15.9 Å². The summed E-state index contributed by atoms with van der Waals surface area (Å²) in [5.74, 6) is -0.346. The Morgan fingerprint density at radius 2 is 2.27 bits per heavy atom. The Kier molecular flexibility index (Phi) is 3.87. The van der Waals surface area contributed by atoms with Gasteiger partial charge in [0.05, 0.1) is 21.8 Å². The highest BCUT2D eigenvalue weighted by atomic mass is 79.9. The van der Waals surface area contributed by atoms with Crippen molar-refractivity contribution in [2.75, 3.05) is 0 Å². The van der Waals surface area contributed by atoms with Gasteiger partial charge in [-0.15, -0.1) is 0 Å². The van der Waals surface area contributed by atoms with E-state index in [1.165, 1.54) is 6.07 Å². The van der Waals surface area contributed by atoms with Gasteiger partial charge in [-0.25, -0.2) is 4.39 Å². The number of benzene rings is 1. The number of nitriles is 1. The van der Waals surface area contributed by atoms with Gasteiger partial charge in [0.25, 0.3) is 0 Å². The maximum absolute atomic E-state index is 13.0. The van der Waals surface area contributed by atoms with Crippen molar-refractivity contribution in [3.8, 4) is 6.07 Å². The van der Waals surface area contributed by atoms with Crippen LogP contribution < -0.4 is 5.73 Å². The molecule has 0 saturated carbocycles. The van der Waals surface area contributed by atoms with Gasteiger partial charge in [-0.1, -0.05) is 6.92 Å². The second-order valence-corrected chi connectivity index (χ2v) is 3.84. The van der Waals surface area contributed by atoms with Crippen LogP contribution in [-0.4, -0.2) is 0 Å². The zero-order valence-corrected chi connectivity index (χ0v) is 9.81. The van der Waals surface area contributed by atoms with E-state index in [0.29, 0.717) is 27.7 Å². The van der Waals surface area contributed by atoms with Gasteiger partial charge < -0.3 is 5.73 Å². The fraction of sp³-hybridized carbons (Fsp3) is 0.182. The van der Waals surface area contributed by atoms with Crippen LogP contribution in [0.1, 0.15) is 18.9 Å². The lowest BCUT2D eigenvalue weighted by Crippen LogP contribution is -2.00. The second kappa shape index (κ2) is 4.94. The molecule has 0 amide bonds. The molecule has 15 heavy (non-hydrogen) atoms. The van der Waals surface area contributed by atoms with E-state index in [1.54, 1.807) is 12.1 Å². The van der Waals surface area contributed by atoms with E-state index in [1.807, 2.05) is 13.0 Å². The summed E-state index contributed by atoms with van der Waals surface area (Å²) < 4.78 is 13.3.